The maximum Gasteiger partial charge on any atom is 0.0735 e. The second-order valence-corrected chi connectivity index (χ2v) is 10.3. The van der Waals surface area contributed by atoms with E-state index in [1.807, 2.05) is 11.8 Å². The molecular weight excluding hydrogens is 460 g/mol. The molecule has 0 unspecified atom stereocenters. The van der Waals surface area contributed by atoms with Crippen molar-refractivity contribution in [3.8, 4) is 11.1 Å². The van der Waals surface area contributed by atoms with Crippen molar-refractivity contribution >= 4 is 38.5 Å². The molecule has 0 radical (unpaired) electrons. The molecule has 0 atom stereocenters. The molecule has 5 aromatic carbocycles. The predicted molar refractivity (Wildman–Crippen MR) is 133 cm³/mol. The second kappa shape index (κ2) is 6.35. The monoisotopic (exact) mass is 476 g/mol. The Kier molecular flexibility index (Phi) is 3.65. The summed E-state index contributed by atoms with van der Waals surface area (Å²) in [4.78, 5) is 2.67. The zero-order chi connectivity index (χ0) is 20.6. The molecule has 0 nitrogen and oxygen atoms in total. The van der Waals surface area contributed by atoms with Crippen LogP contribution in [-0.4, -0.2) is 0 Å². The van der Waals surface area contributed by atoms with E-state index in [0.29, 0.717) is 0 Å². The fourth-order valence-corrected chi connectivity index (χ4v) is 7.34. The van der Waals surface area contributed by atoms with Gasteiger partial charge in [0.2, 0.25) is 0 Å². The minimum Gasteiger partial charge on any atom is -0.0893 e. The van der Waals surface area contributed by atoms with Gasteiger partial charge in [-0.05, 0) is 68.4 Å². The highest BCUT2D eigenvalue weighted by Crippen LogP contribution is 2.62. The predicted octanol–water partition coefficient (Wildman–Crippen LogP) is 8.43. The third-order valence-electron chi connectivity index (χ3n) is 6.77. The van der Waals surface area contributed by atoms with Crippen molar-refractivity contribution in [3.05, 3.63) is 130 Å². The number of fused-ring (bicyclic) bond motifs is 10. The fourth-order valence-electron chi connectivity index (χ4n) is 5.57. The molecule has 1 heterocycles. The van der Waals surface area contributed by atoms with Gasteiger partial charge in [-0.3, -0.25) is 0 Å². The molecule has 31 heavy (non-hydrogen) atoms. The normalized spacial score (nSPS) is 14.7. The molecule has 1 spiro atoms. The second-order valence-electron chi connectivity index (χ2n) is 8.28. The highest BCUT2D eigenvalue weighted by Gasteiger charge is 2.50. The summed E-state index contributed by atoms with van der Waals surface area (Å²) < 4.78 is 1.12. The van der Waals surface area contributed by atoms with Crippen LogP contribution in [0.25, 0.3) is 21.9 Å². The fraction of sp³-hybridized carbons (Fsp3) is 0.0345. The van der Waals surface area contributed by atoms with Crippen molar-refractivity contribution in [2.24, 2.45) is 0 Å². The highest BCUT2D eigenvalue weighted by molar-refractivity contribution is 9.10. The van der Waals surface area contributed by atoms with Crippen molar-refractivity contribution in [1.82, 2.24) is 0 Å². The Hall–Kier alpha value is -2.81. The molecule has 0 bridgehead atoms. The van der Waals surface area contributed by atoms with Gasteiger partial charge < -0.3 is 0 Å². The molecular formula is C29H17BrS. The van der Waals surface area contributed by atoms with Gasteiger partial charge in [0.15, 0.2) is 0 Å². The number of hydrogen-bond acceptors (Lipinski definition) is 1. The van der Waals surface area contributed by atoms with Crippen LogP contribution in [0.1, 0.15) is 22.3 Å². The largest absolute Gasteiger partial charge is 0.0893 e. The van der Waals surface area contributed by atoms with Crippen LogP contribution in [0.3, 0.4) is 0 Å². The molecule has 0 fully saturated rings. The summed E-state index contributed by atoms with van der Waals surface area (Å²) in [6, 6.07) is 38.2. The summed E-state index contributed by atoms with van der Waals surface area (Å²) in [6.45, 7) is 0. The first-order valence-electron chi connectivity index (χ1n) is 10.5. The Balaban J connectivity index is 1.71. The van der Waals surface area contributed by atoms with Gasteiger partial charge in [0.1, 0.15) is 0 Å². The van der Waals surface area contributed by atoms with Gasteiger partial charge in [0, 0.05) is 14.3 Å². The van der Waals surface area contributed by atoms with E-state index < -0.39 is 0 Å². The quantitative estimate of drug-likeness (QED) is 0.211. The molecule has 0 saturated carbocycles. The summed E-state index contributed by atoms with van der Waals surface area (Å²) in [5, 5.41) is 2.59. The van der Waals surface area contributed by atoms with Crippen LogP contribution in [-0.2, 0) is 5.41 Å². The lowest BCUT2D eigenvalue weighted by Crippen LogP contribution is -2.32. The molecule has 1 aliphatic heterocycles. The molecule has 0 saturated heterocycles. The molecule has 7 rings (SSSR count). The molecule has 1 aliphatic carbocycles. The number of halogens is 1. The van der Waals surface area contributed by atoms with E-state index in [2.05, 4.69) is 119 Å². The smallest absolute Gasteiger partial charge is 0.0735 e. The standard InChI is InChI=1S/C29H17BrS/c30-20-13-14-25-28(17-20)31-27-16-19-8-2-1-7-18(19)15-26(27)29(25)23-11-5-3-9-21(23)22-10-4-6-12-24(22)29/h1-17H. The van der Waals surface area contributed by atoms with Crippen LogP contribution in [0.2, 0.25) is 0 Å². The van der Waals surface area contributed by atoms with Gasteiger partial charge in [0.05, 0.1) is 5.41 Å². The number of hydrogen-bond donors (Lipinski definition) is 0. The lowest BCUT2D eigenvalue weighted by molar-refractivity contribution is 0.724. The van der Waals surface area contributed by atoms with Crippen molar-refractivity contribution < 1.29 is 0 Å². The molecule has 2 heteroatoms. The molecule has 5 aromatic rings. The summed E-state index contributed by atoms with van der Waals surface area (Å²) in [6.07, 6.45) is 0. The van der Waals surface area contributed by atoms with E-state index in [1.54, 1.807) is 0 Å². The SMILES string of the molecule is Brc1ccc2c(c1)Sc1cc3ccccc3cc1C21c2ccccc2-c2ccccc21. The zero-order valence-electron chi connectivity index (χ0n) is 16.6. The zero-order valence-corrected chi connectivity index (χ0v) is 19.0. The van der Waals surface area contributed by atoms with E-state index in [4.69, 9.17) is 0 Å². The Morgan fingerprint density at radius 1 is 0.516 bits per heavy atom. The van der Waals surface area contributed by atoms with Crippen LogP contribution >= 0.6 is 27.7 Å². The average molecular weight is 477 g/mol. The minimum absolute atomic E-state index is 0.298. The van der Waals surface area contributed by atoms with Gasteiger partial charge >= 0.3 is 0 Å². The Bertz CT molecular complexity index is 1490. The van der Waals surface area contributed by atoms with E-state index in [0.717, 1.165) is 4.47 Å². The van der Waals surface area contributed by atoms with E-state index in [9.17, 15) is 0 Å². The third kappa shape index (κ3) is 2.27. The van der Waals surface area contributed by atoms with Crippen LogP contribution in [0.15, 0.2) is 117 Å². The topological polar surface area (TPSA) is 0 Å². The lowest BCUT2D eigenvalue weighted by Gasteiger charge is -2.40. The Morgan fingerprint density at radius 2 is 1.10 bits per heavy atom. The first-order chi connectivity index (χ1) is 15.3. The highest BCUT2D eigenvalue weighted by atomic mass is 79.9. The maximum atomic E-state index is 3.72. The van der Waals surface area contributed by atoms with Gasteiger partial charge in [-0.25, -0.2) is 0 Å². The molecule has 0 aromatic heterocycles. The van der Waals surface area contributed by atoms with Gasteiger partial charge in [0.25, 0.3) is 0 Å². The minimum atomic E-state index is -0.298. The van der Waals surface area contributed by atoms with Gasteiger partial charge in [-0.15, -0.1) is 0 Å². The van der Waals surface area contributed by atoms with Crippen molar-refractivity contribution in [2.45, 2.75) is 15.2 Å². The summed E-state index contributed by atoms with van der Waals surface area (Å²) in [7, 11) is 0. The first-order valence-corrected chi connectivity index (χ1v) is 12.1. The van der Waals surface area contributed by atoms with Crippen LogP contribution in [0.5, 0.6) is 0 Å². The van der Waals surface area contributed by atoms with Crippen molar-refractivity contribution in [3.63, 3.8) is 0 Å². The first kappa shape index (κ1) is 17.8. The molecule has 0 amide bonds. The average Bonchev–Trinajstić information content (AvgIpc) is 3.09. The van der Waals surface area contributed by atoms with Gasteiger partial charge in [-0.1, -0.05) is 107 Å². The van der Waals surface area contributed by atoms with Crippen LogP contribution in [0, 0.1) is 0 Å². The molecule has 2 aliphatic rings. The third-order valence-corrected chi connectivity index (χ3v) is 8.38. The maximum absolute atomic E-state index is 3.72. The van der Waals surface area contributed by atoms with E-state index >= 15 is 0 Å². The van der Waals surface area contributed by atoms with Gasteiger partial charge in [-0.2, -0.15) is 0 Å². The Labute approximate surface area is 194 Å². The Morgan fingerprint density at radius 3 is 1.81 bits per heavy atom. The number of rotatable bonds is 0. The van der Waals surface area contributed by atoms with E-state index in [1.165, 1.54) is 53.9 Å². The summed E-state index contributed by atoms with van der Waals surface area (Å²) in [5.41, 5.74) is 7.93. The molecule has 146 valence electrons. The summed E-state index contributed by atoms with van der Waals surface area (Å²) in [5.74, 6) is 0. The van der Waals surface area contributed by atoms with Crippen molar-refractivity contribution in [2.75, 3.05) is 0 Å². The van der Waals surface area contributed by atoms with E-state index in [-0.39, 0.29) is 5.41 Å². The van der Waals surface area contributed by atoms with Crippen LogP contribution < -0.4 is 0 Å². The molecule has 0 N–H and O–H groups in total. The lowest BCUT2D eigenvalue weighted by atomic mass is 9.67. The number of benzene rings is 5. The van der Waals surface area contributed by atoms with Crippen LogP contribution in [0.4, 0.5) is 0 Å². The summed E-state index contributed by atoms with van der Waals surface area (Å²) >= 11 is 5.61. The van der Waals surface area contributed by atoms with Crippen molar-refractivity contribution in [1.29, 1.82) is 0 Å².